The van der Waals surface area contributed by atoms with Gasteiger partial charge in [-0.1, -0.05) is 27.5 Å². The number of halogens is 3. The first-order valence-corrected chi connectivity index (χ1v) is 8.13. The number of aromatic nitrogens is 2. The Morgan fingerprint density at radius 1 is 1.39 bits per heavy atom. The van der Waals surface area contributed by atoms with Crippen molar-refractivity contribution in [1.29, 1.82) is 0 Å². The monoisotopic (exact) mass is 397 g/mol. The minimum Gasteiger partial charge on any atom is -0.396 e. The Labute approximate surface area is 146 Å². The molecule has 0 saturated heterocycles. The molecule has 0 amide bonds. The third-order valence-electron chi connectivity index (χ3n) is 3.61. The van der Waals surface area contributed by atoms with Gasteiger partial charge in [0.2, 0.25) is 0 Å². The number of aliphatic hydroxyl groups is 1. The average Bonchev–Trinajstić information content (AvgIpc) is 2.87. The zero-order chi connectivity index (χ0) is 16.6. The van der Waals surface area contributed by atoms with Crippen LogP contribution in [-0.2, 0) is 13.5 Å². The van der Waals surface area contributed by atoms with Gasteiger partial charge in [0, 0.05) is 18.1 Å². The Balaban J connectivity index is 2.14. The van der Waals surface area contributed by atoms with Crippen LogP contribution in [0.1, 0.15) is 5.56 Å². The summed E-state index contributed by atoms with van der Waals surface area (Å²) >= 11 is 9.54. The number of aliphatic hydroxyl groups excluding tert-OH is 1. The number of rotatable bonds is 4. The molecule has 120 valence electrons. The highest BCUT2D eigenvalue weighted by Gasteiger charge is 2.17. The SMILES string of the molecule is Cn1cnc2c(F)c(Nc3ccc(Br)cc3Cl)c(CCO)cc21. The van der Waals surface area contributed by atoms with Crippen LogP contribution < -0.4 is 5.32 Å². The summed E-state index contributed by atoms with van der Waals surface area (Å²) < 4.78 is 17.5. The number of nitrogens with one attached hydrogen (secondary N) is 1. The summed E-state index contributed by atoms with van der Waals surface area (Å²) in [7, 11) is 1.80. The van der Waals surface area contributed by atoms with Crippen LogP contribution in [0, 0.1) is 5.82 Å². The fourth-order valence-electron chi connectivity index (χ4n) is 2.45. The second-order valence-corrected chi connectivity index (χ2v) is 6.49. The predicted octanol–water partition coefficient (Wildman–Crippen LogP) is 4.41. The van der Waals surface area contributed by atoms with Crippen molar-refractivity contribution in [1.82, 2.24) is 9.55 Å². The summed E-state index contributed by atoms with van der Waals surface area (Å²) in [5.74, 6) is -0.453. The van der Waals surface area contributed by atoms with Gasteiger partial charge in [-0.05, 0) is 36.2 Å². The van der Waals surface area contributed by atoms with Crippen molar-refractivity contribution in [3.63, 3.8) is 0 Å². The van der Waals surface area contributed by atoms with Crippen LogP contribution in [0.4, 0.5) is 15.8 Å². The zero-order valence-corrected chi connectivity index (χ0v) is 14.6. The van der Waals surface area contributed by atoms with E-state index in [4.69, 9.17) is 11.6 Å². The van der Waals surface area contributed by atoms with Gasteiger partial charge in [0.05, 0.1) is 28.2 Å². The molecular formula is C16H14BrClFN3O. The fraction of sp³-hybridized carbons (Fsp3) is 0.188. The van der Waals surface area contributed by atoms with E-state index >= 15 is 0 Å². The van der Waals surface area contributed by atoms with Gasteiger partial charge in [0.1, 0.15) is 5.52 Å². The maximum Gasteiger partial charge on any atom is 0.174 e. The Morgan fingerprint density at radius 3 is 2.87 bits per heavy atom. The normalized spacial score (nSPS) is 11.2. The van der Waals surface area contributed by atoms with Gasteiger partial charge in [-0.2, -0.15) is 0 Å². The number of benzene rings is 2. The second kappa shape index (κ2) is 6.47. The van der Waals surface area contributed by atoms with Gasteiger partial charge in [0.25, 0.3) is 0 Å². The Bertz CT molecular complexity index is 881. The highest BCUT2D eigenvalue weighted by atomic mass is 79.9. The molecule has 0 saturated carbocycles. The van der Waals surface area contributed by atoms with Crippen molar-refractivity contribution in [3.8, 4) is 0 Å². The summed E-state index contributed by atoms with van der Waals surface area (Å²) in [6, 6.07) is 7.14. The second-order valence-electron chi connectivity index (χ2n) is 5.17. The molecule has 0 fully saturated rings. The third-order valence-corrected chi connectivity index (χ3v) is 4.42. The summed E-state index contributed by atoms with van der Waals surface area (Å²) in [6.07, 6.45) is 1.89. The Hall–Kier alpha value is -1.63. The highest BCUT2D eigenvalue weighted by Crippen LogP contribution is 2.34. The lowest BCUT2D eigenvalue weighted by Gasteiger charge is -2.15. The van der Waals surface area contributed by atoms with Crippen LogP contribution in [0.5, 0.6) is 0 Å². The third kappa shape index (κ3) is 3.06. The fourth-order valence-corrected chi connectivity index (χ4v) is 3.17. The van der Waals surface area contributed by atoms with E-state index in [0.717, 1.165) is 4.47 Å². The molecule has 4 nitrogen and oxygen atoms in total. The van der Waals surface area contributed by atoms with Crippen molar-refractivity contribution in [2.45, 2.75) is 6.42 Å². The Morgan fingerprint density at radius 2 is 2.17 bits per heavy atom. The first kappa shape index (κ1) is 16.2. The first-order valence-electron chi connectivity index (χ1n) is 6.96. The van der Waals surface area contributed by atoms with Gasteiger partial charge < -0.3 is 15.0 Å². The molecule has 2 aromatic carbocycles. The van der Waals surface area contributed by atoms with Gasteiger partial charge in [0.15, 0.2) is 5.82 Å². The minimum atomic E-state index is -0.453. The van der Waals surface area contributed by atoms with Crippen molar-refractivity contribution in [2.24, 2.45) is 7.05 Å². The molecule has 3 aromatic rings. The van der Waals surface area contributed by atoms with E-state index in [9.17, 15) is 9.50 Å². The molecule has 2 N–H and O–H groups in total. The summed E-state index contributed by atoms with van der Waals surface area (Å²) in [6.45, 7) is -0.0778. The van der Waals surface area contributed by atoms with Gasteiger partial charge in [-0.15, -0.1) is 0 Å². The topological polar surface area (TPSA) is 50.1 Å². The highest BCUT2D eigenvalue weighted by molar-refractivity contribution is 9.10. The molecule has 0 unspecified atom stereocenters. The Kier molecular flexibility index (Phi) is 4.57. The lowest BCUT2D eigenvalue weighted by Crippen LogP contribution is -2.03. The minimum absolute atomic E-state index is 0.0778. The van der Waals surface area contributed by atoms with Crippen LogP contribution in [-0.4, -0.2) is 21.3 Å². The van der Waals surface area contributed by atoms with E-state index in [1.807, 2.05) is 12.1 Å². The van der Waals surface area contributed by atoms with E-state index in [0.29, 0.717) is 28.2 Å². The molecule has 0 radical (unpaired) electrons. The van der Waals surface area contributed by atoms with Crippen LogP contribution in [0.3, 0.4) is 0 Å². The van der Waals surface area contributed by atoms with Crippen LogP contribution in [0.25, 0.3) is 11.0 Å². The van der Waals surface area contributed by atoms with Crippen molar-refractivity contribution in [3.05, 3.63) is 51.5 Å². The van der Waals surface area contributed by atoms with Crippen LogP contribution >= 0.6 is 27.5 Å². The van der Waals surface area contributed by atoms with E-state index in [2.05, 4.69) is 26.2 Å². The van der Waals surface area contributed by atoms with Gasteiger partial charge in [-0.25, -0.2) is 9.37 Å². The molecule has 0 bridgehead atoms. The molecule has 0 spiro atoms. The summed E-state index contributed by atoms with van der Waals surface area (Å²) in [5, 5.41) is 12.8. The van der Waals surface area contributed by atoms with E-state index < -0.39 is 5.82 Å². The quantitative estimate of drug-likeness (QED) is 0.684. The number of hydrogen-bond donors (Lipinski definition) is 2. The maximum atomic E-state index is 14.9. The van der Waals surface area contributed by atoms with Gasteiger partial charge in [-0.3, -0.25) is 0 Å². The molecule has 7 heteroatoms. The van der Waals surface area contributed by atoms with E-state index in [1.165, 1.54) is 0 Å². The number of aryl methyl sites for hydroxylation is 1. The van der Waals surface area contributed by atoms with E-state index in [1.54, 1.807) is 30.1 Å². The largest absolute Gasteiger partial charge is 0.396 e. The number of hydrogen-bond acceptors (Lipinski definition) is 3. The molecule has 23 heavy (non-hydrogen) atoms. The molecule has 0 atom stereocenters. The molecule has 0 aliphatic heterocycles. The van der Waals surface area contributed by atoms with Crippen molar-refractivity contribution < 1.29 is 9.50 Å². The van der Waals surface area contributed by atoms with Gasteiger partial charge >= 0.3 is 0 Å². The first-order chi connectivity index (χ1) is 11.0. The standard InChI is InChI=1S/C16H14BrClFN3O/c1-22-8-20-16-13(22)6-9(4-5-23)15(14(16)19)21-12-3-2-10(17)7-11(12)18/h2-3,6-8,21,23H,4-5H2,1H3. The molecule has 1 aromatic heterocycles. The summed E-state index contributed by atoms with van der Waals surface area (Å²) in [5.41, 5.74) is 2.50. The maximum absolute atomic E-state index is 14.9. The number of nitrogens with zero attached hydrogens (tertiary/aromatic N) is 2. The zero-order valence-electron chi connectivity index (χ0n) is 12.3. The van der Waals surface area contributed by atoms with Crippen molar-refractivity contribution >= 4 is 49.9 Å². The molecule has 0 aliphatic rings. The number of fused-ring (bicyclic) bond motifs is 1. The molecule has 1 heterocycles. The molecular weight excluding hydrogens is 385 g/mol. The van der Waals surface area contributed by atoms with Crippen molar-refractivity contribution in [2.75, 3.05) is 11.9 Å². The lowest BCUT2D eigenvalue weighted by molar-refractivity contribution is 0.299. The molecule has 3 rings (SSSR count). The average molecular weight is 399 g/mol. The smallest absolute Gasteiger partial charge is 0.174 e. The lowest BCUT2D eigenvalue weighted by atomic mass is 10.1. The van der Waals surface area contributed by atoms with Crippen LogP contribution in [0.2, 0.25) is 5.02 Å². The summed E-state index contributed by atoms with van der Waals surface area (Å²) in [4.78, 5) is 4.10. The molecule has 0 aliphatic carbocycles. The van der Waals surface area contributed by atoms with Crippen LogP contribution in [0.15, 0.2) is 35.1 Å². The predicted molar refractivity (Wildman–Crippen MR) is 93.9 cm³/mol. The number of imidazole rings is 1. The van der Waals surface area contributed by atoms with E-state index in [-0.39, 0.29) is 17.8 Å². The number of anilines is 2.